The van der Waals surface area contributed by atoms with Gasteiger partial charge in [-0.15, -0.1) is 0 Å². The summed E-state index contributed by atoms with van der Waals surface area (Å²) in [4.78, 5) is 45.9. The fourth-order valence-corrected chi connectivity index (χ4v) is 4.60. The second-order valence-corrected chi connectivity index (χ2v) is 9.86. The third-order valence-corrected chi connectivity index (χ3v) is 6.85. The SMILES string of the molecule is CCCCCN(CCCCC)C(=O)N1CCN(C(=O)N(CCCCC)CCCCC)[C@H](C(=O)O)C1. The Labute approximate surface area is 214 Å². The minimum absolute atomic E-state index is 0.0513. The van der Waals surface area contributed by atoms with Crippen LogP contribution in [0, 0.1) is 0 Å². The number of carbonyl (C=O) groups excluding carboxylic acids is 2. The van der Waals surface area contributed by atoms with E-state index in [1.165, 1.54) is 4.90 Å². The second kappa shape index (κ2) is 18.3. The average molecular weight is 497 g/mol. The van der Waals surface area contributed by atoms with Crippen LogP contribution in [0.3, 0.4) is 0 Å². The van der Waals surface area contributed by atoms with Gasteiger partial charge in [0.1, 0.15) is 6.04 Å². The predicted molar refractivity (Wildman–Crippen MR) is 142 cm³/mol. The van der Waals surface area contributed by atoms with E-state index in [2.05, 4.69) is 27.7 Å². The molecule has 0 aliphatic carbocycles. The first-order valence-electron chi connectivity index (χ1n) is 14.2. The Balaban J connectivity index is 2.90. The summed E-state index contributed by atoms with van der Waals surface area (Å²) in [5, 5.41) is 9.99. The van der Waals surface area contributed by atoms with Crippen molar-refractivity contribution in [2.24, 2.45) is 0 Å². The number of carboxylic acid groups (broad SMARTS) is 1. The molecule has 0 aromatic heterocycles. The second-order valence-electron chi connectivity index (χ2n) is 9.86. The maximum absolute atomic E-state index is 13.4. The molecule has 35 heavy (non-hydrogen) atoms. The van der Waals surface area contributed by atoms with Crippen LogP contribution in [0.25, 0.3) is 0 Å². The molecule has 0 spiro atoms. The molecule has 1 heterocycles. The highest BCUT2D eigenvalue weighted by atomic mass is 16.4. The Morgan fingerprint density at radius 3 is 1.43 bits per heavy atom. The zero-order valence-electron chi connectivity index (χ0n) is 23.0. The number of piperazine rings is 1. The molecule has 0 bridgehead atoms. The van der Waals surface area contributed by atoms with Gasteiger partial charge in [-0.05, 0) is 25.7 Å². The molecule has 0 saturated carbocycles. The van der Waals surface area contributed by atoms with E-state index < -0.39 is 12.0 Å². The lowest BCUT2D eigenvalue weighted by Gasteiger charge is -2.42. The van der Waals surface area contributed by atoms with E-state index in [0.29, 0.717) is 32.7 Å². The minimum atomic E-state index is -1.04. The van der Waals surface area contributed by atoms with E-state index in [9.17, 15) is 19.5 Å². The molecule has 8 nitrogen and oxygen atoms in total. The van der Waals surface area contributed by atoms with Gasteiger partial charge in [-0.1, -0.05) is 79.1 Å². The summed E-state index contributed by atoms with van der Waals surface area (Å²) in [5.41, 5.74) is 0. The normalized spacial score (nSPS) is 15.8. The van der Waals surface area contributed by atoms with Crippen molar-refractivity contribution in [1.29, 1.82) is 0 Å². The number of carbonyl (C=O) groups is 3. The summed E-state index contributed by atoms with van der Waals surface area (Å²) in [7, 11) is 0. The molecule has 1 fully saturated rings. The average Bonchev–Trinajstić information content (AvgIpc) is 2.86. The molecule has 4 amide bonds. The van der Waals surface area contributed by atoms with Gasteiger partial charge in [-0.25, -0.2) is 14.4 Å². The lowest BCUT2D eigenvalue weighted by molar-refractivity contribution is -0.144. The number of aliphatic carboxylic acids is 1. The topological polar surface area (TPSA) is 84.4 Å². The summed E-state index contributed by atoms with van der Waals surface area (Å²) in [6, 6.07) is -1.29. The number of carboxylic acids is 1. The fraction of sp³-hybridized carbons (Fsp3) is 0.889. The van der Waals surface area contributed by atoms with Gasteiger partial charge < -0.3 is 24.7 Å². The van der Waals surface area contributed by atoms with Gasteiger partial charge in [-0.3, -0.25) is 0 Å². The first kappa shape index (κ1) is 31.0. The number of rotatable bonds is 17. The maximum Gasteiger partial charge on any atom is 0.328 e. The van der Waals surface area contributed by atoms with E-state index in [-0.39, 0.29) is 25.2 Å². The number of hydrogen-bond acceptors (Lipinski definition) is 3. The predicted octanol–water partition coefficient (Wildman–Crippen LogP) is 5.66. The van der Waals surface area contributed by atoms with Crippen LogP contribution in [-0.2, 0) is 4.79 Å². The Kier molecular flexibility index (Phi) is 16.2. The molecule has 0 aromatic rings. The molecule has 1 rings (SSSR count). The lowest BCUT2D eigenvalue weighted by atomic mass is 10.1. The monoisotopic (exact) mass is 496 g/mol. The molecule has 1 aliphatic heterocycles. The molecule has 0 radical (unpaired) electrons. The van der Waals surface area contributed by atoms with Crippen LogP contribution in [0.2, 0.25) is 0 Å². The number of urea groups is 2. The molecular weight excluding hydrogens is 444 g/mol. The van der Waals surface area contributed by atoms with Crippen LogP contribution in [0.5, 0.6) is 0 Å². The van der Waals surface area contributed by atoms with Crippen molar-refractivity contribution < 1.29 is 19.5 Å². The van der Waals surface area contributed by atoms with Gasteiger partial charge >= 0.3 is 18.0 Å². The van der Waals surface area contributed by atoms with E-state index in [1.54, 1.807) is 4.90 Å². The molecule has 8 heteroatoms. The van der Waals surface area contributed by atoms with Crippen molar-refractivity contribution in [1.82, 2.24) is 19.6 Å². The highest BCUT2D eigenvalue weighted by Crippen LogP contribution is 2.17. The van der Waals surface area contributed by atoms with Crippen LogP contribution < -0.4 is 0 Å². The largest absolute Gasteiger partial charge is 0.480 e. The lowest BCUT2D eigenvalue weighted by Crippen LogP contribution is -2.63. The molecule has 1 N–H and O–H groups in total. The summed E-state index contributed by atoms with van der Waals surface area (Å²) >= 11 is 0. The Morgan fingerprint density at radius 1 is 0.657 bits per heavy atom. The van der Waals surface area contributed by atoms with E-state index in [0.717, 1.165) is 77.0 Å². The first-order chi connectivity index (χ1) is 16.9. The Morgan fingerprint density at radius 2 is 1.06 bits per heavy atom. The van der Waals surface area contributed by atoms with E-state index in [1.807, 2.05) is 9.80 Å². The van der Waals surface area contributed by atoms with Crippen molar-refractivity contribution in [3.8, 4) is 0 Å². The maximum atomic E-state index is 13.4. The minimum Gasteiger partial charge on any atom is -0.480 e. The summed E-state index contributed by atoms with van der Waals surface area (Å²) in [6.07, 6.45) is 12.3. The van der Waals surface area contributed by atoms with Crippen molar-refractivity contribution in [2.75, 3.05) is 45.8 Å². The van der Waals surface area contributed by atoms with Gasteiger partial charge in [0.05, 0.1) is 6.54 Å². The molecule has 1 atom stereocenters. The highest BCUT2D eigenvalue weighted by molar-refractivity contribution is 5.84. The van der Waals surface area contributed by atoms with Crippen molar-refractivity contribution >= 4 is 18.0 Å². The quantitative estimate of drug-likeness (QED) is 0.263. The number of nitrogens with zero attached hydrogens (tertiary/aromatic N) is 4. The summed E-state index contributed by atoms with van der Waals surface area (Å²) in [5.74, 6) is -1.04. The molecule has 204 valence electrons. The Bertz CT molecular complexity index is 596. The smallest absolute Gasteiger partial charge is 0.328 e. The molecule has 1 aliphatic rings. The van der Waals surface area contributed by atoms with Crippen LogP contribution in [0.4, 0.5) is 9.59 Å². The van der Waals surface area contributed by atoms with Crippen LogP contribution >= 0.6 is 0 Å². The Hall–Kier alpha value is -1.99. The third-order valence-electron chi connectivity index (χ3n) is 6.85. The molecule has 0 aromatic carbocycles. The first-order valence-corrected chi connectivity index (χ1v) is 14.2. The van der Waals surface area contributed by atoms with Crippen LogP contribution in [0.15, 0.2) is 0 Å². The van der Waals surface area contributed by atoms with E-state index in [4.69, 9.17) is 0 Å². The van der Waals surface area contributed by atoms with Gasteiger partial charge in [0, 0.05) is 39.3 Å². The van der Waals surface area contributed by atoms with Crippen LogP contribution in [-0.4, -0.2) is 94.6 Å². The van der Waals surface area contributed by atoms with Crippen molar-refractivity contribution in [3.05, 3.63) is 0 Å². The standard InChI is InChI=1S/C27H52N4O4/c1-5-9-13-17-28(18-14-10-6-2)26(34)30-21-22-31(24(23-30)25(32)33)27(35)29(19-15-11-7-3)20-16-12-8-4/h24H,5-23H2,1-4H3,(H,32,33)/t24-/m0/s1. The van der Waals surface area contributed by atoms with Crippen molar-refractivity contribution in [2.45, 2.75) is 111 Å². The van der Waals surface area contributed by atoms with Gasteiger partial charge in [0.15, 0.2) is 0 Å². The van der Waals surface area contributed by atoms with Gasteiger partial charge in [-0.2, -0.15) is 0 Å². The molecular formula is C27H52N4O4. The highest BCUT2D eigenvalue weighted by Gasteiger charge is 2.39. The molecule has 0 unspecified atom stereocenters. The summed E-state index contributed by atoms with van der Waals surface area (Å²) in [6.45, 7) is 12.0. The summed E-state index contributed by atoms with van der Waals surface area (Å²) < 4.78 is 0. The van der Waals surface area contributed by atoms with E-state index >= 15 is 0 Å². The number of amides is 4. The number of hydrogen-bond donors (Lipinski definition) is 1. The molecule has 1 saturated heterocycles. The van der Waals surface area contributed by atoms with Crippen LogP contribution in [0.1, 0.15) is 105 Å². The zero-order valence-corrected chi connectivity index (χ0v) is 23.0. The zero-order chi connectivity index (χ0) is 26.1. The number of unbranched alkanes of at least 4 members (excludes halogenated alkanes) is 8. The van der Waals surface area contributed by atoms with Crippen molar-refractivity contribution in [3.63, 3.8) is 0 Å². The third kappa shape index (κ3) is 11.1. The van der Waals surface area contributed by atoms with Gasteiger partial charge in [0.25, 0.3) is 0 Å². The fourth-order valence-electron chi connectivity index (χ4n) is 4.60. The van der Waals surface area contributed by atoms with Gasteiger partial charge in [0.2, 0.25) is 0 Å².